The Hall–Kier alpha value is -1.96. The van der Waals surface area contributed by atoms with Gasteiger partial charge >= 0.3 is 0 Å². The summed E-state index contributed by atoms with van der Waals surface area (Å²) in [5.74, 6) is -0.268. The van der Waals surface area contributed by atoms with E-state index in [0.717, 1.165) is 4.88 Å². The molecule has 0 radical (unpaired) electrons. The maximum absolute atomic E-state index is 12.3. The third kappa shape index (κ3) is 2.39. The lowest BCUT2D eigenvalue weighted by molar-refractivity contribution is -0.384. The molecule has 0 spiro atoms. The first-order chi connectivity index (χ1) is 9.97. The number of nitrogens with zero attached hydrogens (tertiary/aromatic N) is 2. The van der Waals surface area contributed by atoms with Gasteiger partial charge in [0.15, 0.2) is 0 Å². The molecule has 3 rings (SSSR count). The predicted molar refractivity (Wildman–Crippen MR) is 80.5 cm³/mol. The van der Waals surface area contributed by atoms with E-state index in [-0.39, 0.29) is 11.6 Å². The molecule has 1 amide bonds. The highest BCUT2D eigenvalue weighted by Crippen LogP contribution is 2.38. The van der Waals surface area contributed by atoms with Crippen LogP contribution in [-0.2, 0) is 11.3 Å². The third-order valence-corrected chi connectivity index (χ3v) is 4.54. The molecule has 2 aromatic rings. The van der Waals surface area contributed by atoms with Crippen molar-refractivity contribution >= 4 is 40.2 Å². The molecule has 1 atom stereocenters. The van der Waals surface area contributed by atoms with Gasteiger partial charge in [-0.25, -0.2) is 0 Å². The summed E-state index contributed by atoms with van der Waals surface area (Å²) in [5.41, 5.74) is 6.90. The van der Waals surface area contributed by atoms with Crippen LogP contribution in [0.5, 0.6) is 0 Å². The van der Waals surface area contributed by atoms with Crippen molar-refractivity contribution in [1.29, 1.82) is 0 Å². The largest absolute Gasteiger partial charge is 0.316 e. The minimum absolute atomic E-state index is 0.0713. The molecule has 0 bridgehead atoms. The number of fused-ring (bicyclic) bond motifs is 1. The summed E-state index contributed by atoms with van der Waals surface area (Å²) >= 11 is 7.27. The van der Waals surface area contributed by atoms with Gasteiger partial charge in [0.1, 0.15) is 6.04 Å². The highest BCUT2D eigenvalue weighted by atomic mass is 35.5. The molecule has 0 saturated heterocycles. The average Bonchev–Trinajstić information content (AvgIpc) is 2.96. The fourth-order valence-corrected chi connectivity index (χ4v) is 3.40. The van der Waals surface area contributed by atoms with Crippen LogP contribution < -0.4 is 10.6 Å². The van der Waals surface area contributed by atoms with Crippen LogP contribution in [0.3, 0.4) is 0 Å². The summed E-state index contributed by atoms with van der Waals surface area (Å²) in [4.78, 5) is 25.0. The van der Waals surface area contributed by atoms with Crippen LogP contribution in [0.15, 0.2) is 30.3 Å². The van der Waals surface area contributed by atoms with E-state index in [2.05, 4.69) is 0 Å². The van der Waals surface area contributed by atoms with Gasteiger partial charge in [-0.15, -0.1) is 11.3 Å². The zero-order valence-corrected chi connectivity index (χ0v) is 12.2. The molecule has 1 aliphatic rings. The van der Waals surface area contributed by atoms with Crippen molar-refractivity contribution in [2.75, 3.05) is 4.90 Å². The van der Waals surface area contributed by atoms with Crippen molar-refractivity contribution in [1.82, 2.24) is 0 Å². The molecular weight excluding hydrogens is 314 g/mol. The highest BCUT2D eigenvalue weighted by molar-refractivity contribution is 7.16. The number of benzene rings is 1. The minimum Gasteiger partial charge on any atom is -0.316 e. The molecule has 0 aliphatic carbocycles. The van der Waals surface area contributed by atoms with Gasteiger partial charge < -0.3 is 10.6 Å². The molecular formula is C13H10ClN3O3S. The normalized spacial score (nSPS) is 17.1. The Morgan fingerprint density at radius 1 is 1.38 bits per heavy atom. The lowest BCUT2D eigenvalue weighted by atomic mass is 10.1. The molecule has 8 heteroatoms. The Morgan fingerprint density at radius 2 is 2.14 bits per heavy atom. The Labute approximate surface area is 128 Å². The van der Waals surface area contributed by atoms with Crippen molar-refractivity contribution in [3.05, 3.63) is 55.2 Å². The average molecular weight is 324 g/mol. The second kappa shape index (κ2) is 5.10. The number of carbonyl (C=O) groups excluding carboxylic acids is 1. The van der Waals surface area contributed by atoms with Gasteiger partial charge in [-0.3, -0.25) is 14.9 Å². The molecule has 1 aliphatic heterocycles. The van der Waals surface area contributed by atoms with Crippen molar-refractivity contribution in [3.8, 4) is 0 Å². The molecule has 2 N–H and O–H groups in total. The standard InChI is InChI=1S/C13H10ClN3O3S/c14-11-4-2-8(21-11)6-16-10-3-1-7(17(19)20)5-9(10)12(15)13(16)18/h1-5,12H,6,15H2. The number of non-ortho nitro benzene ring substituents is 1. The van der Waals surface area contributed by atoms with Gasteiger partial charge in [-0.2, -0.15) is 0 Å². The van der Waals surface area contributed by atoms with Gasteiger partial charge in [0, 0.05) is 28.3 Å². The zero-order valence-electron chi connectivity index (χ0n) is 10.7. The summed E-state index contributed by atoms with van der Waals surface area (Å²) in [6.07, 6.45) is 0. The van der Waals surface area contributed by atoms with E-state index in [1.54, 1.807) is 12.1 Å². The summed E-state index contributed by atoms with van der Waals surface area (Å²) in [6, 6.07) is 7.04. The lowest BCUT2D eigenvalue weighted by Gasteiger charge is -2.16. The fourth-order valence-electron chi connectivity index (χ4n) is 2.33. The van der Waals surface area contributed by atoms with E-state index in [0.29, 0.717) is 22.1 Å². The van der Waals surface area contributed by atoms with Crippen LogP contribution in [0.4, 0.5) is 11.4 Å². The molecule has 1 aromatic carbocycles. The van der Waals surface area contributed by atoms with E-state index in [1.807, 2.05) is 6.07 Å². The van der Waals surface area contributed by atoms with Gasteiger partial charge in [0.05, 0.1) is 15.8 Å². The Bertz CT molecular complexity index is 746. The van der Waals surface area contributed by atoms with Crippen LogP contribution in [0.2, 0.25) is 4.34 Å². The van der Waals surface area contributed by atoms with Gasteiger partial charge in [0.25, 0.3) is 5.69 Å². The van der Waals surface area contributed by atoms with Crippen LogP contribution in [-0.4, -0.2) is 10.8 Å². The van der Waals surface area contributed by atoms with Gasteiger partial charge in [-0.1, -0.05) is 11.6 Å². The van der Waals surface area contributed by atoms with Crippen LogP contribution in [0, 0.1) is 10.1 Å². The second-order valence-corrected chi connectivity index (χ2v) is 6.41. The highest BCUT2D eigenvalue weighted by Gasteiger charge is 2.36. The number of nitro benzene ring substituents is 1. The lowest BCUT2D eigenvalue weighted by Crippen LogP contribution is -2.30. The van der Waals surface area contributed by atoms with Crippen molar-refractivity contribution in [2.24, 2.45) is 5.73 Å². The molecule has 6 nitrogen and oxygen atoms in total. The number of amides is 1. The zero-order chi connectivity index (χ0) is 15.1. The fraction of sp³-hybridized carbons (Fsp3) is 0.154. The molecule has 1 aromatic heterocycles. The first-order valence-electron chi connectivity index (χ1n) is 6.07. The van der Waals surface area contributed by atoms with Crippen molar-refractivity contribution in [2.45, 2.75) is 12.6 Å². The number of nitrogens with two attached hydrogens (primary N) is 1. The number of anilines is 1. The van der Waals surface area contributed by atoms with Gasteiger partial charge in [0.2, 0.25) is 5.91 Å². The number of nitro groups is 1. The summed E-state index contributed by atoms with van der Waals surface area (Å²) in [7, 11) is 0. The Morgan fingerprint density at radius 3 is 2.76 bits per heavy atom. The monoisotopic (exact) mass is 323 g/mol. The van der Waals surface area contributed by atoms with Crippen LogP contribution in [0.1, 0.15) is 16.5 Å². The molecule has 0 fully saturated rings. The van der Waals surface area contributed by atoms with E-state index in [1.165, 1.54) is 28.4 Å². The summed E-state index contributed by atoms with van der Waals surface area (Å²) < 4.78 is 0.643. The number of carbonyl (C=O) groups is 1. The SMILES string of the molecule is NC1C(=O)N(Cc2ccc(Cl)s2)c2ccc([N+](=O)[O-])cc21. The number of hydrogen-bond acceptors (Lipinski definition) is 5. The van der Waals surface area contributed by atoms with E-state index in [9.17, 15) is 14.9 Å². The number of thiophene rings is 1. The van der Waals surface area contributed by atoms with Crippen LogP contribution in [0.25, 0.3) is 0 Å². The number of halogens is 1. The Kier molecular flexibility index (Phi) is 3.40. The van der Waals surface area contributed by atoms with Crippen molar-refractivity contribution < 1.29 is 9.72 Å². The molecule has 1 unspecified atom stereocenters. The third-order valence-electron chi connectivity index (χ3n) is 3.32. The second-order valence-electron chi connectivity index (χ2n) is 4.61. The number of hydrogen-bond donors (Lipinski definition) is 1. The molecule has 0 saturated carbocycles. The maximum Gasteiger partial charge on any atom is 0.269 e. The van der Waals surface area contributed by atoms with Crippen molar-refractivity contribution in [3.63, 3.8) is 0 Å². The maximum atomic E-state index is 12.3. The molecule has 2 heterocycles. The minimum atomic E-state index is -0.865. The van der Waals surface area contributed by atoms with E-state index in [4.69, 9.17) is 17.3 Å². The smallest absolute Gasteiger partial charge is 0.269 e. The Balaban J connectivity index is 1.98. The summed E-state index contributed by atoms with van der Waals surface area (Å²) in [5, 5.41) is 10.8. The topological polar surface area (TPSA) is 89.5 Å². The van der Waals surface area contributed by atoms with E-state index >= 15 is 0 Å². The van der Waals surface area contributed by atoms with Crippen LogP contribution >= 0.6 is 22.9 Å². The first kappa shape index (κ1) is 14.0. The van der Waals surface area contributed by atoms with E-state index < -0.39 is 11.0 Å². The predicted octanol–water partition coefficient (Wildman–Crippen LogP) is 2.86. The molecule has 108 valence electrons. The molecule has 21 heavy (non-hydrogen) atoms. The number of rotatable bonds is 3. The quantitative estimate of drug-likeness (QED) is 0.694. The summed E-state index contributed by atoms with van der Waals surface area (Å²) in [6.45, 7) is 0.356. The van der Waals surface area contributed by atoms with Gasteiger partial charge in [-0.05, 0) is 18.2 Å². The first-order valence-corrected chi connectivity index (χ1v) is 7.26.